The van der Waals surface area contributed by atoms with Gasteiger partial charge in [0, 0.05) is 12.0 Å². The van der Waals surface area contributed by atoms with E-state index in [0.29, 0.717) is 6.61 Å². The summed E-state index contributed by atoms with van der Waals surface area (Å²) in [7, 11) is 1.63. The van der Waals surface area contributed by atoms with Crippen molar-refractivity contribution in [2.45, 2.75) is 31.8 Å². The van der Waals surface area contributed by atoms with Gasteiger partial charge in [-0.15, -0.1) is 11.3 Å². The number of aliphatic hydroxyl groups is 1. The van der Waals surface area contributed by atoms with E-state index < -0.39 is 6.10 Å². The number of methoxy groups -OCH3 is 1. The smallest absolute Gasteiger partial charge is 0.103 e. The van der Waals surface area contributed by atoms with Crippen LogP contribution in [0.2, 0.25) is 0 Å². The zero-order valence-corrected chi connectivity index (χ0v) is 9.27. The van der Waals surface area contributed by atoms with Gasteiger partial charge in [-0.25, -0.2) is 0 Å². The van der Waals surface area contributed by atoms with Gasteiger partial charge in [-0.2, -0.15) is 0 Å². The Morgan fingerprint density at radius 2 is 2.29 bits per heavy atom. The molecule has 1 unspecified atom stereocenters. The molecule has 0 fully saturated rings. The number of rotatable bonds is 3. The molecule has 2 nitrogen and oxygen atoms in total. The van der Waals surface area contributed by atoms with Crippen LogP contribution in [0.4, 0.5) is 0 Å². The average Bonchev–Trinajstić information content (AvgIpc) is 2.61. The van der Waals surface area contributed by atoms with E-state index in [4.69, 9.17) is 4.74 Å². The molecule has 0 radical (unpaired) electrons. The Bertz CT molecular complexity index is 306. The van der Waals surface area contributed by atoms with Crippen LogP contribution in [-0.2, 0) is 17.6 Å². The normalized spacial score (nSPS) is 17.9. The summed E-state index contributed by atoms with van der Waals surface area (Å²) >= 11 is 1.79. The van der Waals surface area contributed by atoms with Crippen LogP contribution in [-0.4, -0.2) is 18.8 Å². The fourth-order valence-electron chi connectivity index (χ4n) is 2.05. The summed E-state index contributed by atoms with van der Waals surface area (Å²) in [6.45, 7) is 0.406. The highest BCUT2D eigenvalue weighted by molar-refractivity contribution is 7.10. The number of hydrogen-bond donors (Lipinski definition) is 1. The Kier molecular flexibility index (Phi) is 3.21. The summed E-state index contributed by atoms with van der Waals surface area (Å²) < 4.78 is 4.97. The fourth-order valence-corrected chi connectivity index (χ4v) is 3.24. The number of aliphatic hydroxyl groups excluding tert-OH is 1. The molecule has 0 aliphatic heterocycles. The van der Waals surface area contributed by atoms with Crippen molar-refractivity contribution in [3.8, 4) is 0 Å². The SMILES string of the molecule is COCC(O)c1csc2c1CCCC2. The van der Waals surface area contributed by atoms with Gasteiger partial charge in [-0.3, -0.25) is 0 Å². The van der Waals surface area contributed by atoms with Crippen LogP contribution in [0.3, 0.4) is 0 Å². The van der Waals surface area contributed by atoms with Gasteiger partial charge in [0.05, 0.1) is 6.61 Å². The summed E-state index contributed by atoms with van der Waals surface area (Å²) in [4.78, 5) is 1.47. The minimum Gasteiger partial charge on any atom is -0.386 e. The number of hydrogen-bond acceptors (Lipinski definition) is 3. The molecule has 1 aromatic heterocycles. The summed E-state index contributed by atoms with van der Waals surface area (Å²) in [5.41, 5.74) is 2.50. The second kappa shape index (κ2) is 4.43. The van der Waals surface area contributed by atoms with Crippen molar-refractivity contribution >= 4 is 11.3 Å². The number of ether oxygens (including phenoxy) is 1. The van der Waals surface area contributed by atoms with Crippen molar-refractivity contribution in [1.82, 2.24) is 0 Å². The van der Waals surface area contributed by atoms with Gasteiger partial charge in [0.1, 0.15) is 6.10 Å². The predicted octanol–water partition coefficient (Wildman–Crippen LogP) is 2.31. The molecule has 14 heavy (non-hydrogen) atoms. The molecule has 1 aromatic rings. The minimum absolute atomic E-state index is 0.406. The van der Waals surface area contributed by atoms with Gasteiger partial charge in [-0.1, -0.05) is 0 Å². The maximum absolute atomic E-state index is 9.85. The van der Waals surface area contributed by atoms with E-state index in [1.165, 1.54) is 29.7 Å². The Balaban J connectivity index is 2.21. The maximum Gasteiger partial charge on any atom is 0.103 e. The number of thiophene rings is 1. The van der Waals surface area contributed by atoms with Crippen molar-refractivity contribution in [2.24, 2.45) is 0 Å². The molecule has 1 atom stereocenters. The van der Waals surface area contributed by atoms with E-state index >= 15 is 0 Å². The van der Waals surface area contributed by atoms with E-state index in [9.17, 15) is 5.11 Å². The molecule has 0 amide bonds. The summed E-state index contributed by atoms with van der Waals surface area (Å²) in [6, 6.07) is 0. The van der Waals surface area contributed by atoms with E-state index in [0.717, 1.165) is 12.0 Å². The van der Waals surface area contributed by atoms with E-state index in [1.54, 1.807) is 18.4 Å². The fraction of sp³-hybridized carbons (Fsp3) is 0.636. The molecule has 1 heterocycles. The zero-order valence-electron chi connectivity index (χ0n) is 8.45. The highest BCUT2D eigenvalue weighted by Crippen LogP contribution is 2.33. The molecule has 2 rings (SSSR count). The third kappa shape index (κ3) is 1.85. The summed E-state index contributed by atoms with van der Waals surface area (Å²) in [5, 5.41) is 11.9. The van der Waals surface area contributed by atoms with Crippen LogP contribution in [0.15, 0.2) is 5.38 Å². The lowest BCUT2D eigenvalue weighted by Crippen LogP contribution is -2.09. The molecule has 0 spiro atoms. The highest BCUT2D eigenvalue weighted by Gasteiger charge is 2.19. The van der Waals surface area contributed by atoms with Gasteiger partial charge >= 0.3 is 0 Å². The largest absolute Gasteiger partial charge is 0.386 e. The van der Waals surface area contributed by atoms with Gasteiger partial charge in [0.2, 0.25) is 0 Å². The van der Waals surface area contributed by atoms with Crippen molar-refractivity contribution in [3.63, 3.8) is 0 Å². The minimum atomic E-state index is -0.432. The third-order valence-corrected chi connectivity index (χ3v) is 3.88. The predicted molar refractivity (Wildman–Crippen MR) is 57.8 cm³/mol. The third-order valence-electron chi connectivity index (χ3n) is 2.78. The van der Waals surface area contributed by atoms with E-state index in [2.05, 4.69) is 5.38 Å². The maximum atomic E-state index is 9.85. The second-order valence-corrected chi connectivity index (χ2v) is 4.74. The van der Waals surface area contributed by atoms with Crippen LogP contribution >= 0.6 is 11.3 Å². The highest BCUT2D eigenvalue weighted by atomic mass is 32.1. The van der Waals surface area contributed by atoms with Crippen LogP contribution in [0.25, 0.3) is 0 Å². The first kappa shape index (κ1) is 10.1. The molecular formula is C11H16O2S. The van der Waals surface area contributed by atoms with Gasteiger partial charge in [0.25, 0.3) is 0 Å². The molecule has 0 saturated heterocycles. The first-order chi connectivity index (χ1) is 6.83. The Labute approximate surface area is 88.5 Å². The molecule has 0 aromatic carbocycles. The van der Waals surface area contributed by atoms with Gasteiger partial charge in [-0.05, 0) is 42.2 Å². The van der Waals surface area contributed by atoms with Crippen LogP contribution in [0.5, 0.6) is 0 Å². The van der Waals surface area contributed by atoms with Crippen molar-refractivity contribution in [3.05, 3.63) is 21.4 Å². The first-order valence-electron chi connectivity index (χ1n) is 5.09. The van der Waals surface area contributed by atoms with Gasteiger partial charge < -0.3 is 9.84 Å². The number of aryl methyl sites for hydroxylation is 1. The zero-order chi connectivity index (χ0) is 9.97. The van der Waals surface area contributed by atoms with Gasteiger partial charge in [0.15, 0.2) is 0 Å². The second-order valence-electron chi connectivity index (χ2n) is 3.77. The molecule has 1 N–H and O–H groups in total. The van der Waals surface area contributed by atoms with Crippen LogP contribution in [0, 0.1) is 0 Å². The standard InChI is InChI=1S/C11H16O2S/c1-13-6-10(12)9-7-14-11-5-3-2-4-8(9)11/h7,10,12H,2-6H2,1H3. The lowest BCUT2D eigenvalue weighted by Gasteiger charge is -2.15. The quantitative estimate of drug-likeness (QED) is 0.833. The Morgan fingerprint density at radius 1 is 1.50 bits per heavy atom. The average molecular weight is 212 g/mol. The van der Waals surface area contributed by atoms with E-state index in [-0.39, 0.29) is 0 Å². The van der Waals surface area contributed by atoms with Crippen molar-refractivity contribution in [2.75, 3.05) is 13.7 Å². The molecule has 0 bridgehead atoms. The van der Waals surface area contributed by atoms with E-state index in [1.807, 2.05) is 0 Å². The first-order valence-corrected chi connectivity index (χ1v) is 5.97. The molecule has 1 aliphatic rings. The lowest BCUT2D eigenvalue weighted by molar-refractivity contribution is 0.0640. The van der Waals surface area contributed by atoms with Crippen molar-refractivity contribution in [1.29, 1.82) is 0 Å². The molecule has 3 heteroatoms. The topological polar surface area (TPSA) is 29.5 Å². The Morgan fingerprint density at radius 3 is 3.07 bits per heavy atom. The summed E-state index contributed by atoms with van der Waals surface area (Å²) in [6.07, 6.45) is 4.45. The molecule has 78 valence electrons. The monoisotopic (exact) mass is 212 g/mol. The number of fused-ring (bicyclic) bond motifs is 1. The lowest BCUT2D eigenvalue weighted by atomic mass is 9.94. The van der Waals surface area contributed by atoms with Crippen LogP contribution in [0.1, 0.15) is 34.9 Å². The molecular weight excluding hydrogens is 196 g/mol. The molecule has 0 saturated carbocycles. The van der Waals surface area contributed by atoms with Crippen molar-refractivity contribution < 1.29 is 9.84 Å². The summed E-state index contributed by atoms with van der Waals surface area (Å²) in [5.74, 6) is 0. The Hall–Kier alpha value is -0.380. The molecule has 1 aliphatic carbocycles. The van der Waals surface area contributed by atoms with Crippen LogP contribution < -0.4 is 0 Å².